The summed E-state index contributed by atoms with van der Waals surface area (Å²) in [5.41, 5.74) is 2.62. The first-order chi connectivity index (χ1) is 19.1. The molecule has 41 heavy (non-hydrogen) atoms. The van der Waals surface area contributed by atoms with Crippen LogP contribution in [0.3, 0.4) is 0 Å². The van der Waals surface area contributed by atoms with Crippen LogP contribution in [0.5, 0.6) is 5.75 Å². The van der Waals surface area contributed by atoms with Crippen LogP contribution in [-0.4, -0.2) is 92.3 Å². The minimum atomic E-state index is -5.08. The molecule has 4 N–H and O–H groups in total. The molecule has 17 heteroatoms. The Morgan fingerprint density at radius 3 is 2.05 bits per heavy atom. The highest BCUT2D eigenvalue weighted by Gasteiger charge is 2.38. The van der Waals surface area contributed by atoms with E-state index < -0.39 is 24.3 Å². The second kappa shape index (κ2) is 15.0. The molecule has 3 heterocycles. The van der Waals surface area contributed by atoms with E-state index >= 15 is 0 Å². The number of benzene rings is 1. The standard InChI is InChI=1S/C20H23BrN4O2.2C2HF3O2/c21-16-11-18-20(22-12-16)24-19(23-18)15-1-3-17(4-2-15)27-10-9-25-7-5-14(13-26)6-8-25;2*3-2(4,5)1(6)7/h1-4,11-12,14,26H,5-10,13H2,(H,22,23,24);2*(H,6,7). The third-order valence-corrected chi connectivity index (χ3v) is 5.99. The molecule has 0 unspecified atom stereocenters. The number of hydrogen-bond acceptors (Lipinski definition) is 7. The number of aromatic amines is 1. The van der Waals surface area contributed by atoms with E-state index in [0.29, 0.717) is 19.1 Å². The summed E-state index contributed by atoms with van der Waals surface area (Å²) in [6, 6.07) is 9.92. The van der Waals surface area contributed by atoms with Gasteiger partial charge in [-0.2, -0.15) is 26.3 Å². The first kappa shape index (κ1) is 33.8. The highest BCUT2D eigenvalue weighted by molar-refractivity contribution is 9.10. The Morgan fingerprint density at radius 1 is 1.02 bits per heavy atom. The van der Waals surface area contributed by atoms with Gasteiger partial charge in [0.15, 0.2) is 5.65 Å². The molecule has 4 rings (SSSR count). The number of rotatable bonds is 6. The van der Waals surface area contributed by atoms with E-state index in [-0.39, 0.29) is 0 Å². The number of carboxylic acid groups (broad SMARTS) is 2. The number of pyridine rings is 1. The van der Waals surface area contributed by atoms with Crippen LogP contribution >= 0.6 is 15.9 Å². The first-order valence-electron chi connectivity index (χ1n) is 11.8. The lowest BCUT2D eigenvalue weighted by Crippen LogP contribution is -2.37. The molecular weight excluding hydrogens is 634 g/mol. The number of carboxylic acids is 2. The number of piperidine rings is 1. The summed E-state index contributed by atoms with van der Waals surface area (Å²) >= 11 is 3.42. The number of alkyl halides is 6. The molecule has 0 spiro atoms. The number of carbonyl (C=O) groups is 2. The number of halogens is 7. The third-order valence-electron chi connectivity index (χ3n) is 5.56. The van der Waals surface area contributed by atoms with E-state index in [1.165, 1.54) is 0 Å². The van der Waals surface area contributed by atoms with E-state index in [1.807, 2.05) is 30.3 Å². The molecule has 1 aliphatic heterocycles. The summed E-state index contributed by atoms with van der Waals surface area (Å²) in [7, 11) is 0. The van der Waals surface area contributed by atoms with Crippen molar-refractivity contribution < 1.29 is 56.0 Å². The predicted molar refractivity (Wildman–Crippen MR) is 136 cm³/mol. The van der Waals surface area contributed by atoms with E-state index in [9.17, 15) is 31.4 Å². The average Bonchev–Trinajstić information content (AvgIpc) is 3.32. The van der Waals surface area contributed by atoms with Crippen LogP contribution in [0.2, 0.25) is 0 Å². The number of fused-ring (bicyclic) bond motifs is 1. The number of aliphatic hydroxyl groups excluding tert-OH is 1. The minimum absolute atomic E-state index is 0.315. The number of aromatic nitrogens is 3. The quantitative estimate of drug-likeness (QED) is 0.276. The van der Waals surface area contributed by atoms with E-state index in [0.717, 1.165) is 65.2 Å². The van der Waals surface area contributed by atoms with Gasteiger partial charge in [0.25, 0.3) is 0 Å². The zero-order valence-corrected chi connectivity index (χ0v) is 22.6. The molecule has 0 amide bonds. The van der Waals surface area contributed by atoms with Gasteiger partial charge in [0.1, 0.15) is 23.7 Å². The Balaban J connectivity index is 0.000000349. The Labute approximate surface area is 237 Å². The lowest BCUT2D eigenvalue weighted by Gasteiger charge is -2.30. The summed E-state index contributed by atoms with van der Waals surface area (Å²) in [5, 5.41) is 23.5. The molecule has 10 nitrogen and oxygen atoms in total. The van der Waals surface area contributed by atoms with Crippen molar-refractivity contribution in [3.05, 3.63) is 41.0 Å². The summed E-state index contributed by atoms with van der Waals surface area (Å²) in [5.74, 6) is -3.38. The number of hydrogen-bond donors (Lipinski definition) is 4. The van der Waals surface area contributed by atoms with Crippen molar-refractivity contribution in [2.45, 2.75) is 25.2 Å². The maximum Gasteiger partial charge on any atom is 0.490 e. The molecule has 226 valence electrons. The second-order valence-corrected chi connectivity index (χ2v) is 9.47. The smallest absolute Gasteiger partial charge is 0.490 e. The molecule has 2 aromatic heterocycles. The minimum Gasteiger partial charge on any atom is -0.492 e. The molecule has 0 radical (unpaired) electrons. The van der Waals surface area contributed by atoms with Crippen LogP contribution in [0.1, 0.15) is 12.8 Å². The monoisotopic (exact) mass is 658 g/mol. The van der Waals surface area contributed by atoms with Crippen LogP contribution in [0.25, 0.3) is 22.6 Å². The van der Waals surface area contributed by atoms with Gasteiger partial charge in [0, 0.05) is 29.4 Å². The topological polar surface area (TPSA) is 149 Å². The average molecular weight is 659 g/mol. The van der Waals surface area contributed by atoms with Gasteiger partial charge >= 0.3 is 24.3 Å². The molecule has 3 aromatic rings. The number of aliphatic hydroxyl groups is 1. The number of likely N-dealkylation sites (tertiary alicyclic amines) is 1. The van der Waals surface area contributed by atoms with Crippen LogP contribution < -0.4 is 4.74 Å². The van der Waals surface area contributed by atoms with Gasteiger partial charge in [-0.05, 0) is 78.1 Å². The zero-order chi connectivity index (χ0) is 30.8. The highest BCUT2D eigenvalue weighted by atomic mass is 79.9. The molecule has 1 saturated heterocycles. The fourth-order valence-electron chi connectivity index (χ4n) is 3.40. The van der Waals surface area contributed by atoms with E-state index in [4.69, 9.17) is 24.5 Å². The lowest BCUT2D eigenvalue weighted by atomic mass is 9.98. The predicted octanol–water partition coefficient (Wildman–Crippen LogP) is 4.74. The summed E-state index contributed by atoms with van der Waals surface area (Å²) in [4.78, 5) is 32.4. The van der Waals surface area contributed by atoms with Gasteiger partial charge in [-0.1, -0.05) is 0 Å². The zero-order valence-electron chi connectivity index (χ0n) is 21.0. The van der Waals surface area contributed by atoms with Crippen molar-refractivity contribution >= 4 is 39.0 Å². The number of imidazole rings is 1. The highest BCUT2D eigenvalue weighted by Crippen LogP contribution is 2.24. The van der Waals surface area contributed by atoms with Crippen molar-refractivity contribution in [2.75, 3.05) is 32.8 Å². The fraction of sp³-hybridized carbons (Fsp3) is 0.417. The lowest BCUT2D eigenvalue weighted by molar-refractivity contribution is -0.193. The van der Waals surface area contributed by atoms with E-state index in [1.54, 1.807) is 6.20 Å². The van der Waals surface area contributed by atoms with Gasteiger partial charge in [0.05, 0.1) is 0 Å². The molecule has 1 aliphatic rings. The Morgan fingerprint density at radius 2 is 1.56 bits per heavy atom. The third kappa shape index (κ3) is 11.5. The summed E-state index contributed by atoms with van der Waals surface area (Å²) in [6.07, 6.45) is -6.25. The van der Waals surface area contributed by atoms with Crippen molar-refractivity contribution in [1.29, 1.82) is 0 Å². The fourth-order valence-corrected chi connectivity index (χ4v) is 3.72. The molecule has 0 atom stereocenters. The van der Waals surface area contributed by atoms with Crippen LogP contribution in [0.15, 0.2) is 41.0 Å². The van der Waals surface area contributed by atoms with Crippen LogP contribution in [0, 0.1) is 5.92 Å². The van der Waals surface area contributed by atoms with Gasteiger partial charge in [0.2, 0.25) is 0 Å². The Bertz CT molecular complexity index is 1250. The van der Waals surface area contributed by atoms with Gasteiger partial charge in [-0.3, -0.25) is 4.90 Å². The Hall–Kier alpha value is -3.44. The molecule has 0 bridgehead atoms. The number of ether oxygens (including phenoxy) is 1. The first-order valence-corrected chi connectivity index (χ1v) is 12.6. The molecule has 1 aromatic carbocycles. The summed E-state index contributed by atoms with van der Waals surface area (Å²) < 4.78 is 70.3. The van der Waals surface area contributed by atoms with Crippen LogP contribution in [0.4, 0.5) is 26.3 Å². The molecule has 0 aliphatic carbocycles. The van der Waals surface area contributed by atoms with Gasteiger partial charge in [-0.25, -0.2) is 19.6 Å². The van der Waals surface area contributed by atoms with Crippen molar-refractivity contribution in [1.82, 2.24) is 19.9 Å². The largest absolute Gasteiger partial charge is 0.492 e. The number of H-pyrrole nitrogens is 1. The van der Waals surface area contributed by atoms with Crippen molar-refractivity contribution in [3.63, 3.8) is 0 Å². The Kier molecular flexibility index (Phi) is 12.3. The maximum atomic E-state index is 10.6. The van der Waals surface area contributed by atoms with Crippen LogP contribution in [-0.2, 0) is 9.59 Å². The number of aliphatic carboxylic acids is 2. The normalized spacial score (nSPS) is 14.4. The number of nitrogens with zero attached hydrogens (tertiary/aromatic N) is 3. The number of nitrogens with one attached hydrogen (secondary N) is 1. The van der Waals surface area contributed by atoms with Gasteiger partial charge < -0.3 is 25.0 Å². The van der Waals surface area contributed by atoms with Gasteiger partial charge in [-0.15, -0.1) is 0 Å². The summed E-state index contributed by atoms with van der Waals surface area (Å²) in [6.45, 7) is 4.00. The SMILES string of the molecule is O=C(O)C(F)(F)F.O=C(O)C(F)(F)F.OCC1CCN(CCOc2ccc(-c3nc4cc(Br)cnc4[nH]3)cc2)CC1. The molecule has 1 fully saturated rings. The molecular formula is C24H25BrF6N4O6. The van der Waals surface area contributed by atoms with Crippen molar-refractivity contribution in [2.24, 2.45) is 5.92 Å². The maximum absolute atomic E-state index is 10.6. The van der Waals surface area contributed by atoms with Crippen molar-refractivity contribution in [3.8, 4) is 17.1 Å². The molecule has 0 saturated carbocycles. The van der Waals surface area contributed by atoms with E-state index in [2.05, 4.69) is 35.8 Å². The second-order valence-electron chi connectivity index (χ2n) is 8.55.